The molecule has 0 aromatic heterocycles. The second-order valence-corrected chi connectivity index (χ2v) is 7.37. The molecule has 7 nitrogen and oxygen atoms in total. The van der Waals surface area contributed by atoms with Crippen LogP contribution in [0.1, 0.15) is 0 Å². The van der Waals surface area contributed by atoms with E-state index < -0.39 is 10.0 Å². The molecule has 2 aliphatic heterocycles. The predicted octanol–water partition coefficient (Wildman–Crippen LogP) is 0.256. The van der Waals surface area contributed by atoms with Crippen molar-refractivity contribution in [3.8, 4) is 0 Å². The molecule has 0 unspecified atom stereocenters. The molecule has 0 atom stereocenters. The van der Waals surface area contributed by atoms with Crippen LogP contribution >= 0.6 is 11.8 Å². The van der Waals surface area contributed by atoms with Crippen LogP contribution in [-0.2, 0) is 19.6 Å². The monoisotopic (exact) mass is 329 g/mol. The lowest BCUT2D eigenvalue weighted by molar-refractivity contribution is -0.113. The summed E-state index contributed by atoms with van der Waals surface area (Å²) in [5.41, 5.74) is 0.654. The van der Waals surface area contributed by atoms with Gasteiger partial charge in [0.25, 0.3) is 10.0 Å². The Labute approximate surface area is 127 Å². The molecular formula is C12H15N3O4S2. The zero-order valence-electron chi connectivity index (χ0n) is 11.2. The quantitative estimate of drug-likeness (QED) is 0.827. The molecule has 21 heavy (non-hydrogen) atoms. The number of hydrogen-bond donors (Lipinski definition) is 2. The summed E-state index contributed by atoms with van der Waals surface area (Å²) < 4.78 is 29.9. The van der Waals surface area contributed by atoms with Gasteiger partial charge < -0.3 is 10.1 Å². The standard InChI is InChI=1S/C12H15N3O4S2/c16-12-8-20-11-7-9(1-2-10(11)13-12)21(17,18)14-15-3-5-19-6-4-15/h1-2,7,14H,3-6,8H2,(H,13,16). The number of sulfonamides is 1. The maximum absolute atomic E-state index is 12.4. The lowest BCUT2D eigenvalue weighted by Crippen LogP contribution is -2.48. The molecule has 0 bridgehead atoms. The van der Waals surface area contributed by atoms with Gasteiger partial charge in [0.2, 0.25) is 5.91 Å². The van der Waals surface area contributed by atoms with Gasteiger partial charge in [0.1, 0.15) is 0 Å². The first kappa shape index (κ1) is 14.8. The van der Waals surface area contributed by atoms with Crippen LogP contribution in [0.25, 0.3) is 0 Å². The lowest BCUT2D eigenvalue weighted by Gasteiger charge is -2.27. The molecule has 0 spiro atoms. The van der Waals surface area contributed by atoms with Crippen LogP contribution in [0.2, 0.25) is 0 Å². The van der Waals surface area contributed by atoms with Gasteiger partial charge in [0, 0.05) is 18.0 Å². The molecular weight excluding hydrogens is 314 g/mol. The number of hydrogen-bond acceptors (Lipinski definition) is 6. The van der Waals surface area contributed by atoms with E-state index in [1.165, 1.54) is 17.8 Å². The molecule has 2 aliphatic rings. The number of carbonyl (C=O) groups is 1. The number of ether oxygens (including phenoxy) is 1. The van der Waals surface area contributed by atoms with E-state index in [1.54, 1.807) is 17.1 Å². The van der Waals surface area contributed by atoms with Crippen molar-refractivity contribution in [1.82, 2.24) is 9.84 Å². The van der Waals surface area contributed by atoms with E-state index in [0.717, 1.165) is 4.90 Å². The minimum atomic E-state index is -3.61. The molecule has 3 rings (SSSR count). The van der Waals surface area contributed by atoms with Crippen molar-refractivity contribution >= 4 is 33.4 Å². The van der Waals surface area contributed by atoms with Gasteiger partial charge in [0.05, 0.1) is 29.5 Å². The summed E-state index contributed by atoms with van der Waals surface area (Å²) in [5, 5.41) is 4.35. The highest BCUT2D eigenvalue weighted by Crippen LogP contribution is 2.33. The van der Waals surface area contributed by atoms with Gasteiger partial charge >= 0.3 is 0 Å². The van der Waals surface area contributed by atoms with Crippen LogP contribution in [0, 0.1) is 0 Å². The summed E-state index contributed by atoms with van der Waals surface area (Å²) in [4.78, 5) is 14.8. The van der Waals surface area contributed by atoms with Crippen LogP contribution < -0.4 is 10.1 Å². The molecule has 9 heteroatoms. The van der Waals surface area contributed by atoms with E-state index in [9.17, 15) is 13.2 Å². The zero-order chi connectivity index (χ0) is 14.9. The van der Waals surface area contributed by atoms with Crippen LogP contribution in [0.5, 0.6) is 0 Å². The maximum atomic E-state index is 12.4. The number of rotatable bonds is 3. The van der Waals surface area contributed by atoms with Gasteiger partial charge in [-0.25, -0.2) is 13.4 Å². The minimum Gasteiger partial charge on any atom is -0.379 e. The number of nitrogens with one attached hydrogen (secondary N) is 2. The third-order valence-corrected chi connectivity index (χ3v) is 5.58. The smallest absolute Gasteiger partial charge is 0.253 e. The number of hydrazine groups is 1. The molecule has 0 saturated carbocycles. The Bertz CT molecular complexity index is 656. The fourth-order valence-electron chi connectivity index (χ4n) is 2.10. The maximum Gasteiger partial charge on any atom is 0.253 e. The number of carbonyl (C=O) groups excluding carboxylic acids is 1. The van der Waals surface area contributed by atoms with Crippen molar-refractivity contribution in [3.05, 3.63) is 18.2 Å². The van der Waals surface area contributed by atoms with Gasteiger partial charge in [-0.15, -0.1) is 16.6 Å². The Hall–Kier alpha value is -1.13. The van der Waals surface area contributed by atoms with E-state index in [0.29, 0.717) is 37.7 Å². The Balaban J connectivity index is 1.80. The van der Waals surface area contributed by atoms with Crippen molar-refractivity contribution in [1.29, 1.82) is 0 Å². The molecule has 0 radical (unpaired) electrons. The molecule has 1 fully saturated rings. The van der Waals surface area contributed by atoms with Gasteiger partial charge in [-0.3, -0.25) is 4.79 Å². The molecule has 0 aliphatic carbocycles. The highest BCUT2D eigenvalue weighted by Gasteiger charge is 2.23. The highest BCUT2D eigenvalue weighted by molar-refractivity contribution is 8.00. The van der Waals surface area contributed by atoms with Gasteiger partial charge in [-0.2, -0.15) is 0 Å². The molecule has 114 valence electrons. The molecule has 1 aromatic carbocycles. The molecule has 2 heterocycles. The number of benzene rings is 1. The van der Waals surface area contributed by atoms with Gasteiger partial charge in [-0.1, -0.05) is 0 Å². The molecule has 1 amide bonds. The molecule has 1 saturated heterocycles. The van der Waals surface area contributed by atoms with Crippen molar-refractivity contribution in [2.45, 2.75) is 9.79 Å². The number of morpholine rings is 1. The normalized spacial score (nSPS) is 19.9. The first-order valence-electron chi connectivity index (χ1n) is 6.46. The van der Waals surface area contributed by atoms with E-state index in [1.807, 2.05) is 0 Å². The number of anilines is 1. The third kappa shape index (κ3) is 3.38. The Morgan fingerprint density at radius 3 is 2.81 bits per heavy atom. The summed E-state index contributed by atoms with van der Waals surface area (Å²) in [7, 11) is -3.61. The second-order valence-electron chi connectivity index (χ2n) is 4.69. The van der Waals surface area contributed by atoms with E-state index in [-0.39, 0.29) is 10.8 Å². The molecule has 1 aromatic rings. The van der Waals surface area contributed by atoms with Crippen molar-refractivity contribution in [2.24, 2.45) is 0 Å². The summed E-state index contributed by atoms with van der Waals surface area (Å²) >= 11 is 1.34. The van der Waals surface area contributed by atoms with Crippen LogP contribution in [-0.4, -0.2) is 51.4 Å². The van der Waals surface area contributed by atoms with Crippen LogP contribution in [0.3, 0.4) is 0 Å². The minimum absolute atomic E-state index is 0.0745. The van der Waals surface area contributed by atoms with E-state index in [4.69, 9.17) is 4.74 Å². The topological polar surface area (TPSA) is 87.7 Å². The Morgan fingerprint density at radius 1 is 1.29 bits per heavy atom. The average Bonchev–Trinajstić information content (AvgIpc) is 2.47. The number of amides is 1. The number of thioether (sulfide) groups is 1. The van der Waals surface area contributed by atoms with Crippen LogP contribution in [0.4, 0.5) is 5.69 Å². The summed E-state index contributed by atoms with van der Waals surface area (Å²) in [5.74, 6) is 0.225. The Morgan fingerprint density at radius 2 is 2.05 bits per heavy atom. The fraction of sp³-hybridized carbons (Fsp3) is 0.417. The fourth-order valence-corrected chi connectivity index (χ4v) is 4.17. The van der Waals surface area contributed by atoms with Gasteiger partial charge in [0.15, 0.2) is 0 Å². The first-order chi connectivity index (χ1) is 10.0. The second kappa shape index (κ2) is 5.93. The first-order valence-corrected chi connectivity index (χ1v) is 8.93. The van der Waals surface area contributed by atoms with E-state index >= 15 is 0 Å². The average molecular weight is 329 g/mol. The SMILES string of the molecule is O=C1CSc2cc(S(=O)(=O)NN3CCOCC3)ccc2N1. The molecule has 2 N–H and O–H groups in total. The van der Waals surface area contributed by atoms with Crippen molar-refractivity contribution in [3.63, 3.8) is 0 Å². The third-order valence-electron chi connectivity index (χ3n) is 3.16. The van der Waals surface area contributed by atoms with Gasteiger partial charge in [-0.05, 0) is 18.2 Å². The van der Waals surface area contributed by atoms with E-state index in [2.05, 4.69) is 10.1 Å². The largest absolute Gasteiger partial charge is 0.379 e. The number of nitrogens with zero attached hydrogens (tertiary/aromatic N) is 1. The number of fused-ring (bicyclic) bond motifs is 1. The van der Waals surface area contributed by atoms with Crippen molar-refractivity contribution < 1.29 is 17.9 Å². The predicted molar refractivity (Wildman–Crippen MR) is 78.5 cm³/mol. The summed E-state index contributed by atoms with van der Waals surface area (Å²) in [6, 6.07) is 4.70. The lowest BCUT2D eigenvalue weighted by atomic mass is 10.3. The Kier molecular flexibility index (Phi) is 4.18. The summed E-state index contributed by atoms with van der Waals surface area (Å²) in [6.07, 6.45) is 0. The zero-order valence-corrected chi connectivity index (χ0v) is 12.8. The highest BCUT2D eigenvalue weighted by atomic mass is 32.2. The van der Waals surface area contributed by atoms with Crippen LogP contribution in [0.15, 0.2) is 28.0 Å². The summed E-state index contributed by atoms with van der Waals surface area (Å²) in [6.45, 7) is 2.06. The van der Waals surface area contributed by atoms with Crippen molar-refractivity contribution in [2.75, 3.05) is 37.4 Å².